The molecule has 1 heterocycles. The van der Waals surface area contributed by atoms with Gasteiger partial charge >= 0.3 is 0 Å². The largest absolute Gasteiger partial charge is 0.333 e. The van der Waals surface area contributed by atoms with Gasteiger partial charge in [-0.15, -0.1) is 0 Å². The van der Waals surface area contributed by atoms with E-state index in [1.54, 1.807) is 11.8 Å². The fourth-order valence-electron chi connectivity index (χ4n) is 1.70. The first kappa shape index (κ1) is 9.86. The van der Waals surface area contributed by atoms with Crippen LogP contribution in [0.25, 0.3) is 0 Å². The van der Waals surface area contributed by atoms with Crippen molar-refractivity contribution in [3.05, 3.63) is 10.7 Å². The number of nitrogens with zero attached hydrogens (tertiary/aromatic N) is 1. The van der Waals surface area contributed by atoms with Crippen LogP contribution in [-0.2, 0) is 4.79 Å². The molecule has 4 nitrogen and oxygen atoms in total. The fraction of sp³-hybridized carbons (Fsp3) is 0.667. The number of hydrogen-bond acceptors (Lipinski definition) is 4. The first-order chi connectivity index (χ1) is 6.77. The quantitative estimate of drug-likeness (QED) is 0.672. The molecule has 5 heteroatoms. The minimum absolute atomic E-state index is 0.0296. The SMILES string of the molecule is CCN1C(NC=O)=C(C2CC2)SC1N. The van der Waals surface area contributed by atoms with Gasteiger partial charge in [0.2, 0.25) is 6.41 Å². The molecule has 1 aliphatic carbocycles. The number of hydrogen-bond donors (Lipinski definition) is 2. The zero-order chi connectivity index (χ0) is 10.1. The molecule has 0 aromatic heterocycles. The van der Waals surface area contributed by atoms with Crippen molar-refractivity contribution < 1.29 is 4.79 Å². The number of allylic oxidation sites excluding steroid dienone is 1. The molecule has 0 bridgehead atoms. The van der Waals surface area contributed by atoms with Gasteiger partial charge in [0.15, 0.2) is 0 Å². The van der Waals surface area contributed by atoms with Crippen molar-refractivity contribution in [3.8, 4) is 0 Å². The first-order valence-corrected chi connectivity index (χ1v) is 5.79. The molecule has 78 valence electrons. The van der Waals surface area contributed by atoms with Gasteiger partial charge in [-0.2, -0.15) is 0 Å². The molecule has 2 rings (SSSR count). The molecule has 2 aliphatic rings. The van der Waals surface area contributed by atoms with Gasteiger partial charge < -0.3 is 16.0 Å². The highest BCUT2D eigenvalue weighted by Crippen LogP contribution is 2.48. The monoisotopic (exact) mass is 213 g/mol. The van der Waals surface area contributed by atoms with Crippen molar-refractivity contribution in [3.63, 3.8) is 0 Å². The number of amides is 1. The van der Waals surface area contributed by atoms with E-state index in [0.29, 0.717) is 5.92 Å². The Kier molecular flexibility index (Phi) is 2.69. The summed E-state index contributed by atoms with van der Waals surface area (Å²) in [6, 6.07) is 0. The molecular weight excluding hydrogens is 198 g/mol. The second-order valence-electron chi connectivity index (χ2n) is 3.54. The maximum absolute atomic E-state index is 10.5. The van der Waals surface area contributed by atoms with Gasteiger partial charge in [-0.05, 0) is 25.7 Å². The van der Waals surface area contributed by atoms with Gasteiger partial charge in [0.1, 0.15) is 11.3 Å². The Labute approximate surface area is 87.9 Å². The molecule has 1 saturated carbocycles. The van der Waals surface area contributed by atoms with E-state index in [2.05, 4.69) is 5.32 Å². The van der Waals surface area contributed by atoms with Crippen LogP contribution < -0.4 is 11.1 Å². The van der Waals surface area contributed by atoms with Crippen LogP contribution in [0.15, 0.2) is 10.7 Å². The molecule has 1 fully saturated rings. The summed E-state index contributed by atoms with van der Waals surface area (Å²) in [6.45, 7) is 2.88. The number of carbonyl (C=O) groups excluding carboxylic acids is 1. The second-order valence-corrected chi connectivity index (χ2v) is 4.70. The second kappa shape index (κ2) is 3.82. The molecule has 1 atom stereocenters. The predicted molar refractivity (Wildman–Crippen MR) is 56.9 cm³/mol. The van der Waals surface area contributed by atoms with Crippen LogP contribution >= 0.6 is 11.8 Å². The van der Waals surface area contributed by atoms with E-state index in [4.69, 9.17) is 5.73 Å². The molecule has 0 saturated heterocycles. The van der Waals surface area contributed by atoms with E-state index in [9.17, 15) is 4.79 Å². The Hall–Kier alpha value is -0.680. The topological polar surface area (TPSA) is 58.4 Å². The summed E-state index contributed by atoms with van der Waals surface area (Å²) in [7, 11) is 0. The third-order valence-electron chi connectivity index (χ3n) is 2.56. The summed E-state index contributed by atoms with van der Waals surface area (Å²) < 4.78 is 0. The number of carbonyl (C=O) groups is 1. The summed E-state index contributed by atoms with van der Waals surface area (Å²) >= 11 is 1.68. The Bertz CT molecular complexity index is 275. The Morgan fingerprint density at radius 1 is 1.71 bits per heavy atom. The smallest absolute Gasteiger partial charge is 0.212 e. The first-order valence-electron chi connectivity index (χ1n) is 4.91. The van der Waals surface area contributed by atoms with E-state index < -0.39 is 0 Å². The lowest BCUT2D eigenvalue weighted by molar-refractivity contribution is -0.109. The molecule has 3 N–H and O–H groups in total. The van der Waals surface area contributed by atoms with Crippen molar-refractivity contribution in [2.75, 3.05) is 6.54 Å². The van der Waals surface area contributed by atoms with Crippen molar-refractivity contribution in [1.82, 2.24) is 10.2 Å². The molecule has 1 unspecified atom stereocenters. The fourth-order valence-corrected chi connectivity index (χ4v) is 3.06. The van der Waals surface area contributed by atoms with Crippen LogP contribution in [0.1, 0.15) is 19.8 Å². The molecule has 0 radical (unpaired) electrons. The highest BCUT2D eigenvalue weighted by Gasteiger charge is 2.37. The van der Waals surface area contributed by atoms with Crippen LogP contribution in [0, 0.1) is 5.92 Å². The van der Waals surface area contributed by atoms with E-state index in [-0.39, 0.29) is 5.50 Å². The Balaban J connectivity index is 2.20. The standard InChI is InChI=1S/C9H15N3OS/c1-2-12-8(11-5-13)7(6-3-4-6)14-9(12)10/h5-6,9H,2-4,10H2,1H3,(H,11,13). The Morgan fingerprint density at radius 3 is 2.93 bits per heavy atom. The van der Waals surface area contributed by atoms with E-state index in [1.165, 1.54) is 17.7 Å². The van der Waals surface area contributed by atoms with E-state index in [1.807, 2.05) is 11.8 Å². The summed E-state index contributed by atoms with van der Waals surface area (Å²) in [5.41, 5.74) is 5.93. The summed E-state index contributed by atoms with van der Waals surface area (Å²) in [4.78, 5) is 13.8. The van der Waals surface area contributed by atoms with Gasteiger partial charge in [0.05, 0.1) is 0 Å². The lowest BCUT2D eigenvalue weighted by atomic mass is 10.3. The zero-order valence-electron chi connectivity index (χ0n) is 8.19. The lowest BCUT2D eigenvalue weighted by Crippen LogP contribution is -2.38. The van der Waals surface area contributed by atoms with Gasteiger partial charge in [0.25, 0.3) is 0 Å². The molecule has 1 amide bonds. The van der Waals surface area contributed by atoms with Crippen LogP contribution in [0.3, 0.4) is 0 Å². The van der Waals surface area contributed by atoms with Crippen LogP contribution in [0.4, 0.5) is 0 Å². The van der Waals surface area contributed by atoms with Gasteiger partial charge in [-0.3, -0.25) is 4.79 Å². The molecule has 0 aromatic carbocycles. The summed E-state index contributed by atoms with van der Waals surface area (Å²) in [5.74, 6) is 1.58. The van der Waals surface area contributed by atoms with Crippen LogP contribution in [0.5, 0.6) is 0 Å². The molecule has 0 aromatic rings. The van der Waals surface area contributed by atoms with Crippen molar-refractivity contribution in [2.24, 2.45) is 11.7 Å². The molecule has 14 heavy (non-hydrogen) atoms. The summed E-state index contributed by atoms with van der Waals surface area (Å²) in [5, 5.41) is 2.77. The van der Waals surface area contributed by atoms with Crippen LogP contribution in [0.2, 0.25) is 0 Å². The number of nitrogens with one attached hydrogen (secondary N) is 1. The number of rotatable bonds is 4. The van der Waals surface area contributed by atoms with Crippen LogP contribution in [-0.4, -0.2) is 23.4 Å². The highest BCUT2D eigenvalue weighted by atomic mass is 32.2. The normalized spacial score (nSPS) is 27.0. The Morgan fingerprint density at radius 2 is 2.43 bits per heavy atom. The minimum atomic E-state index is -0.0296. The predicted octanol–water partition coefficient (Wildman–Crippen LogP) is 0.622. The summed E-state index contributed by atoms with van der Waals surface area (Å²) in [6.07, 6.45) is 3.20. The number of thioether (sulfide) groups is 1. The zero-order valence-corrected chi connectivity index (χ0v) is 9.01. The maximum atomic E-state index is 10.5. The number of nitrogens with two attached hydrogens (primary N) is 1. The molecular formula is C9H15N3OS. The highest BCUT2D eigenvalue weighted by molar-refractivity contribution is 8.03. The average molecular weight is 213 g/mol. The van der Waals surface area contributed by atoms with Gasteiger partial charge in [-0.1, -0.05) is 11.8 Å². The van der Waals surface area contributed by atoms with E-state index >= 15 is 0 Å². The minimum Gasteiger partial charge on any atom is -0.333 e. The van der Waals surface area contributed by atoms with Gasteiger partial charge in [-0.25, -0.2) is 0 Å². The third kappa shape index (κ3) is 1.62. The third-order valence-corrected chi connectivity index (χ3v) is 3.84. The molecule has 1 aliphatic heterocycles. The average Bonchev–Trinajstić information content (AvgIpc) is 2.94. The maximum Gasteiger partial charge on any atom is 0.212 e. The lowest BCUT2D eigenvalue weighted by Gasteiger charge is -2.23. The van der Waals surface area contributed by atoms with E-state index in [0.717, 1.165) is 18.8 Å². The van der Waals surface area contributed by atoms with Crippen molar-refractivity contribution >= 4 is 18.2 Å². The molecule has 0 spiro atoms. The van der Waals surface area contributed by atoms with Crippen molar-refractivity contribution in [2.45, 2.75) is 25.3 Å². The van der Waals surface area contributed by atoms with Gasteiger partial charge in [0, 0.05) is 11.4 Å². The van der Waals surface area contributed by atoms with Crippen molar-refractivity contribution in [1.29, 1.82) is 0 Å².